The van der Waals surface area contributed by atoms with Gasteiger partial charge >= 0.3 is 16.8 Å². The predicted octanol–water partition coefficient (Wildman–Crippen LogP) is 0.445. The Hall–Kier alpha value is 0.426. The van der Waals surface area contributed by atoms with E-state index in [2.05, 4.69) is 0 Å². The monoisotopic (exact) mass is 133 g/mol. The topological polar surface area (TPSA) is 49.8 Å². The normalized spacial score (nSPS) is 5.00. The second kappa shape index (κ2) is 18.1. The molecule has 0 atom stereocenters. The van der Waals surface area contributed by atoms with E-state index in [1.165, 1.54) is 0 Å². The average molecular weight is 133 g/mol. The van der Waals surface area contributed by atoms with Crippen molar-refractivity contribution >= 4 is 0 Å². The fraction of sp³-hybridized carbons (Fsp3) is 0.667. The zero-order chi connectivity index (χ0) is 3.41. The fourth-order valence-electron chi connectivity index (χ4n) is 0. The van der Waals surface area contributed by atoms with Crippen LogP contribution in [0.2, 0.25) is 0 Å². The van der Waals surface area contributed by atoms with Crippen LogP contribution in [0.3, 0.4) is 0 Å². The molecule has 6 heavy (non-hydrogen) atoms. The molecule has 0 saturated carbocycles. The van der Waals surface area contributed by atoms with Crippen molar-refractivity contribution in [3.63, 3.8) is 0 Å². The molecule has 41 valence electrons. The second-order valence-electron chi connectivity index (χ2n) is 0.539. The first-order valence-corrected chi connectivity index (χ1v) is 1.26. The van der Waals surface area contributed by atoms with Crippen LogP contribution in [0.5, 0.6) is 0 Å². The third kappa shape index (κ3) is 25.5. The zero-order valence-electron chi connectivity index (χ0n) is 3.82. The summed E-state index contributed by atoms with van der Waals surface area (Å²) in [5, 5.41) is 0. The van der Waals surface area contributed by atoms with E-state index in [0.717, 1.165) is 0 Å². The van der Waals surface area contributed by atoms with Crippen LogP contribution < -0.4 is 5.73 Å². The minimum Gasteiger partial charge on any atom is -0.676 e. The Morgan fingerprint density at radius 1 is 1.50 bits per heavy atom. The summed E-state index contributed by atoms with van der Waals surface area (Å²) in [6.07, 6.45) is 0. The number of hydrogen-bond donors (Lipinski definition) is 1. The molecule has 0 aromatic heterocycles. The Balaban J connectivity index is -0.0000000450. The summed E-state index contributed by atoms with van der Waals surface area (Å²) in [6.45, 7) is 0.833. The van der Waals surface area contributed by atoms with Gasteiger partial charge in [0.1, 0.15) is 0 Å². The van der Waals surface area contributed by atoms with E-state index >= 15 is 0 Å². The first-order chi connectivity index (χ1) is 1.91. The molecule has 0 unspecified atom stereocenters. The molecule has 0 rings (SSSR count). The van der Waals surface area contributed by atoms with E-state index in [1.54, 1.807) is 0 Å². The van der Waals surface area contributed by atoms with E-state index in [9.17, 15) is 0 Å². The van der Waals surface area contributed by atoms with Gasteiger partial charge in [-0.2, -0.15) is 0 Å². The largest absolute Gasteiger partial charge is 2.00 e. The summed E-state index contributed by atoms with van der Waals surface area (Å²) in [6, 6.07) is 0. The molecule has 0 aliphatic rings. The molecule has 0 heterocycles. The number of nitrogens with two attached hydrogens (primary N) is 1. The van der Waals surface area contributed by atoms with Crippen molar-refractivity contribution in [1.82, 2.24) is 0 Å². The van der Waals surface area contributed by atoms with Crippen LogP contribution in [0.1, 0.15) is 0 Å². The molecule has 2 nitrogen and oxygen atoms in total. The predicted molar refractivity (Wildman–Crippen MR) is 24.7 cm³/mol. The molecule has 0 aliphatic heterocycles. The molecule has 0 aromatic carbocycles. The standard InChI is InChI=1S/C2H7N2.CH3.Co/c3-1-2-4;;/h3H,1-2,4H2;1H3;/q2*-1;+2. The van der Waals surface area contributed by atoms with Gasteiger partial charge in [0.2, 0.25) is 0 Å². The Bertz CT molecular complexity index is 10.8. The van der Waals surface area contributed by atoms with E-state index in [0.29, 0.717) is 13.1 Å². The molecule has 0 saturated heterocycles. The third-order valence-corrected chi connectivity index (χ3v) is 0.144. The second-order valence-corrected chi connectivity index (χ2v) is 0.539. The molecule has 3 heteroatoms. The summed E-state index contributed by atoms with van der Waals surface area (Å²) in [5.41, 5.74) is 11.2. The van der Waals surface area contributed by atoms with Crippen molar-refractivity contribution in [1.29, 1.82) is 0 Å². The molecular formula is C3H10CoN2. The van der Waals surface area contributed by atoms with Crippen LogP contribution in [-0.2, 0) is 16.8 Å². The van der Waals surface area contributed by atoms with E-state index in [4.69, 9.17) is 11.5 Å². The van der Waals surface area contributed by atoms with Gasteiger partial charge in [0.15, 0.2) is 0 Å². The number of rotatable bonds is 1. The van der Waals surface area contributed by atoms with Crippen LogP contribution in [0.15, 0.2) is 0 Å². The molecule has 3 N–H and O–H groups in total. The Labute approximate surface area is 49.5 Å². The van der Waals surface area contributed by atoms with Crippen molar-refractivity contribution in [2.24, 2.45) is 5.73 Å². The Kier molecular flexibility index (Phi) is 48.5. The van der Waals surface area contributed by atoms with Crippen LogP contribution >= 0.6 is 0 Å². The molecule has 0 aromatic rings. The molecule has 0 amide bonds. The molecule has 0 aliphatic carbocycles. The number of hydrogen-bond acceptors (Lipinski definition) is 1. The Morgan fingerprint density at radius 2 is 1.67 bits per heavy atom. The molecule has 1 radical (unpaired) electrons. The van der Waals surface area contributed by atoms with Gasteiger partial charge in [-0.15, -0.1) is 6.54 Å². The SMILES string of the molecule is [CH3-].[Co+2].[NH-]CCN. The summed E-state index contributed by atoms with van der Waals surface area (Å²) >= 11 is 0. The smallest absolute Gasteiger partial charge is 0.676 e. The summed E-state index contributed by atoms with van der Waals surface area (Å²) < 4.78 is 0. The number of nitrogens with one attached hydrogen (secondary N) is 1. The van der Waals surface area contributed by atoms with Gasteiger partial charge < -0.3 is 18.9 Å². The zero-order valence-corrected chi connectivity index (χ0v) is 4.87. The van der Waals surface area contributed by atoms with Crippen molar-refractivity contribution in [3.05, 3.63) is 13.2 Å². The molecular weight excluding hydrogens is 123 g/mol. The third-order valence-electron chi connectivity index (χ3n) is 0.144. The van der Waals surface area contributed by atoms with Crippen LogP contribution in [0.4, 0.5) is 0 Å². The minimum atomic E-state index is 0. The quantitative estimate of drug-likeness (QED) is 0.518. The van der Waals surface area contributed by atoms with Crippen LogP contribution in [-0.4, -0.2) is 13.1 Å². The van der Waals surface area contributed by atoms with Gasteiger partial charge in [0.25, 0.3) is 0 Å². The first kappa shape index (κ1) is 16.1. The van der Waals surface area contributed by atoms with Crippen LogP contribution in [0.25, 0.3) is 5.73 Å². The maximum absolute atomic E-state index is 6.33. The minimum absolute atomic E-state index is 0. The molecule has 0 bridgehead atoms. The van der Waals surface area contributed by atoms with Crippen molar-refractivity contribution in [3.8, 4) is 0 Å². The van der Waals surface area contributed by atoms with Gasteiger partial charge in [-0.05, 0) is 6.54 Å². The maximum atomic E-state index is 6.33. The van der Waals surface area contributed by atoms with Crippen molar-refractivity contribution < 1.29 is 16.8 Å². The summed E-state index contributed by atoms with van der Waals surface area (Å²) in [4.78, 5) is 0. The van der Waals surface area contributed by atoms with Gasteiger partial charge in [-0.3, -0.25) is 0 Å². The Morgan fingerprint density at radius 3 is 1.67 bits per heavy atom. The summed E-state index contributed by atoms with van der Waals surface area (Å²) in [5.74, 6) is 0. The maximum Gasteiger partial charge on any atom is 2.00 e. The van der Waals surface area contributed by atoms with Gasteiger partial charge in [-0.1, -0.05) is 0 Å². The fourth-order valence-corrected chi connectivity index (χ4v) is 0. The van der Waals surface area contributed by atoms with Crippen molar-refractivity contribution in [2.45, 2.75) is 0 Å². The van der Waals surface area contributed by atoms with Gasteiger partial charge in [-0.25, -0.2) is 0 Å². The van der Waals surface area contributed by atoms with E-state index in [-0.39, 0.29) is 24.2 Å². The van der Waals surface area contributed by atoms with Crippen molar-refractivity contribution in [2.75, 3.05) is 13.1 Å². The van der Waals surface area contributed by atoms with Gasteiger partial charge in [0.05, 0.1) is 0 Å². The molecule has 0 fully saturated rings. The van der Waals surface area contributed by atoms with Crippen LogP contribution in [0, 0.1) is 7.43 Å². The van der Waals surface area contributed by atoms with E-state index in [1.807, 2.05) is 0 Å². The average Bonchev–Trinajstić information content (AvgIpc) is 1.37. The summed E-state index contributed by atoms with van der Waals surface area (Å²) in [7, 11) is 0. The first-order valence-electron chi connectivity index (χ1n) is 1.26. The van der Waals surface area contributed by atoms with E-state index < -0.39 is 0 Å². The molecule has 0 spiro atoms. The van der Waals surface area contributed by atoms with Gasteiger partial charge in [0, 0.05) is 0 Å².